The van der Waals surface area contributed by atoms with Gasteiger partial charge in [-0.2, -0.15) is 13.2 Å². The third-order valence-corrected chi connectivity index (χ3v) is 4.81. The van der Waals surface area contributed by atoms with Crippen molar-refractivity contribution in [1.29, 1.82) is 0 Å². The Morgan fingerprint density at radius 2 is 1.73 bits per heavy atom. The number of aromatic nitrogens is 2. The zero-order valence-corrected chi connectivity index (χ0v) is 16.0. The van der Waals surface area contributed by atoms with Gasteiger partial charge in [0.15, 0.2) is 5.76 Å². The molecule has 152 valence electrons. The van der Waals surface area contributed by atoms with Crippen LogP contribution in [-0.4, -0.2) is 15.2 Å². The molecule has 0 bridgehead atoms. The Morgan fingerprint density at radius 1 is 0.967 bits per heavy atom. The molecule has 0 spiro atoms. The Kier molecular flexibility index (Phi) is 5.32. The maximum absolute atomic E-state index is 12.9. The summed E-state index contributed by atoms with van der Waals surface area (Å²) in [5, 5.41) is 15.6. The van der Waals surface area contributed by atoms with E-state index in [1.54, 1.807) is 42.6 Å². The summed E-state index contributed by atoms with van der Waals surface area (Å²) in [7, 11) is 0. The van der Waals surface area contributed by atoms with Gasteiger partial charge in [-0.1, -0.05) is 47.1 Å². The fourth-order valence-corrected chi connectivity index (χ4v) is 3.31. The summed E-state index contributed by atoms with van der Waals surface area (Å²) in [5.41, 5.74) is 1.19. The van der Waals surface area contributed by atoms with Gasteiger partial charge in [0.2, 0.25) is 0 Å². The van der Waals surface area contributed by atoms with Crippen molar-refractivity contribution in [2.45, 2.75) is 12.3 Å². The highest BCUT2D eigenvalue weighted by atomic mass is 35.5. The van der Waals surface area contributed by atoms with Gasteiger partial charge in [-0.15, -0.1) is 0 Å². The van der Waals surface area contributed by atoms with E-state index < -0.39 is 17.8 Å². The Morgan fingerprint density at radius 3 is 2.37 bits per heavy atom. The molecule has 1 atom stereocenters. The molecule has 0 aliphatic carbocycles. The fourth-order valence-electron chi connectivity index (χ4n) is 3.12. The van der Waals surface area contributed by atoms with Crippen molar-refractivity contribution in [3.8, 4) is 22.6 Å². The first kappa shape index (κ1) is 20.1. The van der Waals surface area contributed by atoms with Crippen LogP contribution in [0.2, 0.25) is 5.02 Å². The molecule has 4 rings (SSSR count). The van der Waals surface area contributed by atoms with Gasteiger partial charge in [-0.05, 0) is 30.3 Å². The number of aliphatic hydroxyl groups excluding tert-OH is 1. The minimum Gasteiger partial charge on any atom is -0.383 e. The van der Waals surface area contributed by atoms with Crippen molar-refractivity contribution in [3.05, 3.63) is 94.8 Å². The van der Waals surface area contributed by atoms with Gasteiger partial charge in [-0.3, -0.25) is 4.98 Å². The summed E-state index contributed by atoms with van der Waals surface area (Å²) in [6.07, 6.45) is -2.56. The van der Waals surface area contributed by atoms with Crippen molar-refractivity contribution in [1.82, 2.24) is 10.1 Å². The highest BCUT2D eigenvalue weighted by Gasteiger charge is 2.31. The number of nitrogens with zero attached hydrogens (tertiary/aromatic N) is 2. The molecule has 2 aromatic carbocycles. The van der Waals surface area contributed by atoms with Crippen LogP contribution < -0.4 is 0 Å². The largest absolute Gasteiger partial charge is 0.416 e. The molecule has 0 radical (unpaired) electrons. The van der Waals surface area contributed by atoms with E-state index in [-0.39, 0.29) is 11.5 Å². The molecule has 1 unspecified atom stereocenters. The normalized spacial score (nSPS) is 12.7. The van der Waals surface area contributed by atoms with E-state index in [0.29, 0.717) is 27.3 Å². The predicted molar refractivity (Wildman–Crippen MR) is 106 cm³/mol. The first-order valence-corrected chi connectivity index (χ1v) is 9.23. The van der Waals surface area contributed by atoms with Crippen LogP contribution >= 0.6 is 11.6 Å². The summed E-state index contributed by atoms with van der Waals surface area (Å²) in [4.78, 5) is 4.02. The monoisotopic (exact) mass is 430 g/mol. The average molecular weight is 431 g/mol. The molecule has 0 saturated heterocycles. The molecule has 0 amide bonds. The van der Waals surface area contributed by atoms with Crippen LogP contribution in [0.1, 0.15) is 22.8 Å². The highest BCUT2D eigenvalue weighted by molar-refractivity contribution is 6.30. The first-order chi connectivity index (χ1) is 14.3. The van der Waals surface area contributed by atoms with Crippen LogP contribution in [0, 0.1) is 0 Å². The first-order valence-electron chi connectivity index (χ1n) is 8.85. The predicted octanol–water partition coefficient (Wildman–Crippen LogP) is 6.16. The number of rotatable bonds is 4. The van der Waals surface area contributed by atoms with Gasteiger partial charge >= 0.3 is 6.18 Å². The van der Waals surface area contributed by atoms with Gasteiger partial charge in [0, 0.05) is 34.1 Å². The lowest BCUT2D eigenvalue weighted by atomic mass is 9.94. The van der Waals surface area contributed by atoms with Crippen molar-refractivity contribution >= 4 is 11.6 Å². The van der Waals surface area contributed by atoms with Crippen LogP contribution in [0.5, 0.6) is 0 Å². The van der Waals surface area contributed by atoms with Crippen LogP contribution in [0.3, 0.4) is 0 Å². The van der Waals surface area contributed by atoms with E-state index in [4.69, 9.17) is 16.1 Å². The molecule has 2 aromatic heterocycles. The Labute approximate surface area is 174 Å². The molecule has 0 saturated carbocycles. The van der Waals surface area contributed by atoms with Gasteiger partial charge in [0.25, 0.3) is 0 Å². The van der Waals surface area contributed by atoms with Crippen LogP contribution in [0.15, 0.2) is 77.6 Å². The van der Waals surface area contributed by atoms with E-state index in [1.807, 2.05) is 0 Å². The van der Waals surface area contributed by atoms with Crippen LogP contribution in [0.4, 0.5) is 13.2 Å². The summed E-state index contributed by atoms with van der Waals surface area (Å²) in [6.45, 7) is 0. The minimum atomic E-state index is -4.45. The molecule has 0 aliphatic rings. The molecule has 30 heavy (non-hydrogen) atoms. The maximum atomic E-state index is 12.9. The number of halogens is 4. The standard InChI is InChI=1S/C22H14ClF3N2O2/c23-17-5-1-3-14(11-17)21-18(20(29)15-4-2-10-27-12-15)19(28-30-21)13-6-8-16(9-7-13)22(24,25)26/h1-12,20,29H. The molecule has 4 aromatic rings. The third-order valence-electron chi connectivity index (χ3n) is 4.57. The van der Waals surface area contributed by atoms with E-state index in [0.717, 1.165) is 12.1 Å². The maximum Gasteiger partial charge on any atom is 0.416 e. The SMILES string of the molecule is OC(c1cccnc1)c1c(-c2ccc(C(F)(F)F)cc2)noc1-c1cccc(Cl)c1. The third kappa shape index (κ3) is 3.94. The molecule has 0 fully saturated rings. The van der Waals surface area contributed by atoms with E-state index in [2.05, 4.69) is 10.1 Å². The van der Waals surface area contributed by atoms with Crippen molar-refractivity contribution in [3.63, 3.8) is 0 Å². The molecular weight excluding hydrogens is 417 g/mol. The molecule has 2 heterocycles. The van der Waals surface area contributed by atoms with Crippen molar-refractivity contribution < 1.29 is 22.8 Å². The second-order valence-electron chi connectivity index (χ2n) is 6.55. The fraction of sp³-hybridized carbons (Fsp3) is 0.0909. The summed E-state index contributed by atoms with van der Waals surface area (Å²) in [6, 6.07) is 14.7. The summed E-state index contributed by atoms with van der Waals surface area (Å²) >= 11 is 6.09. The Bertz CT molecular complexity index is 1160. The lowest BCUT2D eigenvalue weighted by molar-refractivity contribution is -0.137. The average Bonchev–Trinajstić information content (AvgIpc) is 3.18. The molecular formula is C22H14ClF3N2O2. The van der Waals surface area contributed by atoms with Crippen molar-refractivity contribution in [2.75, 3.05) is 0 Å². The van der Waals surface area contributed by atoms with Gasteiger partial charge in [-0.25, -0.2) is 0 Å². The lowest BCUT2D eigenvalue weighted by Crippen LogP contribution is -2.05. The molecule has 0 aliphatic heterocycles. The molecule has 4 nitrogen and oxygen atoms in total. The van der Waals surface area contributed by atoms with Gasteiger partial charge < -0.3 is 9.63 Å². The lowest BCUT2D eigenvalue weighted by Gasteiger charge is -2.13. The van der Waals surface area contributed by atoms with Gasteiger partial charge in [0.05, 0.1) is 11.1 Å². The van der Waals surface area contributed by atoms with E-state index in [1.165, 1.54) is 18.3 Å². The summed E-state index contributed by atoms with van der Waals surface area (Å²) < 4.78 is 44.3. The minimum absolute atomic E-state index is 0.232. The topological polar surface area (TPSA) is 59.2 Å². The second kappa shape index (κ2) is 7.93. The second-order valence-corrected chi connectivity index (χ2v) is 6.98. The van der Waals surface area contributed by atoms with Crippen molar-refractivity contribution in [2.24, 2.45) is 0 Å². The number of pyridine rings is 1. The Hall–Kier alpha value is -3.16. The zero-order valence-electron chi connectivity index (χ0n) is 15.3. The van der Waals surface area contributed by atoms with Crippen LogP contribution in [-0.2, 0) is 6.18 Å². The molecule has 1 N–H and O–H groups in total. The number of alkyl halides is 3. The van der Waals surface area contributed by atoms with E-state index in [9.17, 15) is 18.3 Å². The Balaban J connectivity index is 1.87. The van der Waals surface area contributed by atoms with Gasteiger partial charge in [0.1, 0.15) is 11.8 Å². The number of benzene rings is 2. The van der Waals surface area contributed by atoms with Crippen LogP contribution in [0.25, 0.3) is 22.6 Å². The number of hydrogen-bond donors (Lipinski definition) is 1. The quantitative estimate of drug-likeness (QED) is 0.421. The van der Waals surface area contributed by atoms with E-state index >= 15 is 0 Å². The summed E-state index contributed by atoms with van der Waals surface area (Å²) in [5.74, 6) is 0.267. The number of hydrogen-bond acceptors (Lipinski definition) is 4. The highest BCUT2D eigenvalue weighted by Crippen LogP contribution is 2.40. The smallest absolute Gasteiger partial charge is 0.383 e. The number of aliphatic hydroxyl groups is 1. The molecule has 8 heteroatoms. The zero-order chi connectivity index (χ0) is 21.3.